The molecule has 2 rings (SSSR count). The van der Waals surface area contributed by atoms with Crippen LogP contribution in [0.25, 0.3) is 5.69 Å². The SMILES string of the molecule is Cc1sc(=N)n(-c2ccc(C(F)(F)F)cc2)c1C. The number of aryl methyl sites for hydroxylation is 1. The number of halogens is 3. The van der Waals surface area contributed by atoms with Crippen molar-refractivity contribution in [2.45, 2.75) is 20.0 Å². The van der Waals surface area contributed by atoms with Gasteiger partial charge in [-0.25, -0.2) is 0 Å². The quantitative estimate of drug-likeness (QED) is 0.821. The molecule has 2 nitrogen and oxygen atoms in total. The van der Waals surface area contributed by atoms with Crippen molar-refractivity contribution in [3.05, 3.63) is 45.2 Å². The molecule has 0 radical (unpaired) electrons. The van der Waals surface area contributed by atoms with Crippen LogP contribution >= 0.6 is 11.3 Å². The second kappa shape index (κ2) is 4.28. The zero-order valence-electron chi connectivity index (χ0n) is 9.80. The summed E-state index contributed by atoms with van der Waals surface area (Å²) in [4.78, 5) is 1.30. The number of hydrogen-bond donors (Lipinski definition) is 1. The van der Waals surface area contributed by atoms with Crippen LogP contribution in [0.1, 0.15) is 16.1 Å². The lowest BCUT2D eigenvalue weighted by Gasteiger charge is -2.09. The summed E-state index contributed by atoms with van der Waals surface area (Å²) in [6, 6.07) is 4.85. The second-order valence-electron chi connectivity index (χ2n) is 3.93. The number of nitrogens with zero attached hydrogens (tertiary/aromatic N) is 1. The average Bonchev–Trinajstić information content (AvgIpc) is 2.52. The molecule has 0 bridgehead atoms. The number of hydrogen-bond acceptors (Lipinski definition) is 2. The number of aromatic nitrogens is 1. The Morgan fingerprint density at radius 1 is 1.11 bits per heavy atom. The Hall–Kier alpha value is -1.56. The zero-order valence-corrected chi connectivity index (χ0v) is 10.6. The normalized spacial score (nSPS) is 11.8. The van der Waals surface area contributed by atoms with Gasteiger partial charge in [-0.05, 0) is 38.1 Å². The Morgan fingerprint density at radius 2 is 1.67 bits per heavy atom. The minimum atomic E-state index is -4.33. The van der Waals surface area contributed by atoms with E-state index >= 15 is 0 Å². The van der Waals surface area contributed by atoms with Gasteiger partial charge in [0.1, 0.15) is 0 Å². The molecule has 1 aromatic heterocycles. The van der Waals surface area contributed by atoms with Gasteiger partial charge in [0.25, 0.3) is 0 Å². The minimum Gasteiger partial charge on any atom is -0.290 e. The van der Waals surface area contributed by atoms with Crippen LogP contribution in [0.3, 0.4) is 0 Å². The molecule has 1 heterocycles. The molecule has 0 fully saturated rings. The number of rotatable bonds is 1. The van der Waals surface area contributed by atoms with Crippen LogP contribution in [0.4, 0.5) is 13.2 Å². The lowest BCUT2D eigenvalue weighted by molar-refractivity contribution is -0.137. The average molecular weight is 272 g/mol. The summed E-state index contributed by atoms with van der Waals surface area (Å²) in [5.74, 6) is 0. The van der Waals surface area contributed by atoms with Gasteiger partial charge in [-0.3, -0.25) is 9.98 Å². The van der Waals surface area contributed by atoms with E-state index in [2.05, 4.69) is 0 Å². The molecule has 0 saturated heterocycles. The van der Waals surface area contributed by atoms with E-state index in [1.807, 2.05) is 13.8 Å². The van der Waals surface area contributed by atoms with Gasteiger partial charge in [-0.2, -0.15) is 13.2 Å². The molecule has 0 amide bonds. The van der Waals surface area contributed by atoms with Crippen molar-refractivity contribution in [2.24, 2.45) is 0 Å². The molecule has 0 unspecified atom stereocenters. The molecule has 1 N–H and O–H groups in total. The Labute approximate surface area is 106 Å². The van der Waals surface area contributed by atoms with Crippen LogP contribution in [0.15, 0.2) is 24.3 Å². The molecule has 0 aliphatic carbocycles. The molecule has 2 aromatic rings. The van der Waals surface area contributed by atoms with Crippen molar-refractivity contribution < 1.29 is 13.2 Å². The largest absolute Gasteiger partial charge is 0.416 e. The summed E-state index contributed by atoms with van der Waals surface area (Å²) >= 11 is 1.31. The highest BCUT2D eigenvalue weighted by molar-refractivity contribution is 7.09. The van der Waals surface area contributed by atoms with Crippen molar-refractivity contribution in [3.63, 3.8) is 0 Å². The molecular formula is C12H11F3N2S. The van der Waals surface area contributed by atoms with Crippen LogP contribution < -0.4 is 4.80 Å². The van der Waals surface area contributed by atoms with Crippen LogP contribution in [0.2, 0.25) is 0 Å². The fraction of sp³-hybridized carbons (Fsp3) is 0.250. The van der Waals surface area contributed by atoms with E-state index in [1.54, 1.807) is 4.57 Å². The number of nitrogens with one attached hydrogen (secondary N) is 1. The highest BCUT2D eigenvalue weighted by atomic mass is 32.1. The maximum atomic E-state index is 12.4. The van der Waals surface area contributed by atoms with Crippen molar-refractivity contribution >= 4 is 11.3 Å². The van der Waals surface area contributed by atoms with Crippen molar-refractivity contribution in [3.8, 4) is 5.69 Å². The molecule has 0 spiro atoms. The summed E-state index contributed by atoms with van der Waals surface area (Å²) in [7, 11) is 0. The predicted octanol–water partition coefficient (Wildman–Crippen LogP) is 3.65. The molecule has 0 aliphatic rings. The van der Waals surface area contributed by atoms with Gasteiger partial charge in [0, 0.05) is 16.3 Å². The van der Waals surface area contributed by atoms with Gasteiger partial charge in [0.05, 0.1) is 5.56 Å². The van der Waals surface area contributed by atoms with Gasteiger partial charge in [-0.15, -0.1) is 11.3 Å². The van der Waals surface area contributed by atoms with E-state index < -0.39 is 11.7 Å². The topological polar surface area (TPSA) is 28.8 Å². The van der Waals surface area contributed by atoms with E-state index in [-0.39, 0.29) is 0 Å². The molecule has 96 valence electrons. The number of alkyl halides is 3. The van der Waals surface area contributed by atoms with Crippen molar-refractivity contribution in [1.29, 1.82) is 5.41 Å². The maximum Gasteiger partial charge on any atom is 0.416 e. The van der Waals surface area contributed by atoms with Crippen LogP contribution in [0.5, 0.6) is 0 Å². The van der Waals surface area contributed by atoms with E-state index in [4.69, 9.17) is 5.41 Å². The fourth-order valence-electron chi connectivity index (χ4n) is 1.68. The Balaban J connectivity index is 2.50. The van der Waals surface area contributed by atoms with Crippen LogP contribution in [-0.4, -0.2) is 4.57 Å². The third-order valence-corrected chi connectivity index (χ3v) is 3.73. The molecule has 0 atom stereocenters. The van der Waals surface area contributed by atoms with E-state index in [1.165, 1.54) is 23.5 Å². The third-order valence-electron chi connectivity index (χ3n) is 2.75. The first kappa shape index (κ1) is 12.9. The molecule has 0 saturated carbocycles. The molecule has 1 aromatic carbocycles. The smallest absolute Gasteiger partial charge is 0.290 e. The third kappa shape index (κ3) is 2.20. The van der Waals surface area contributed by atoms with E-state index in [0.29, 0.717) is 10.5 Å². The van der Waals surface area contributed by atoms with Crippen LogP contribution in [0, 0.1) is 19.3 Å². The monoisotopic (exact) mass is 272 g/mol. The molecular weight excluding hydrogens is 261 g/mol. The maximum absolute atomic E-state index is 12.4. The van der Waals surface area contributed by atoms with Gasteiger partial charge < -0.3 is 0 Å². The minimum absolute atomic E-state index is 0.310. The summed E-state index contributed by atoms with van der Waals surface area (Å²) in [6.45, 7) is 3.74. The lowest BCUT2D eigenvalue weighted by Crippen LogP contribution is -2.13. The van der Waals surface area contributed by atoms with Gasteiger partial charge in [0.15, 0.2) is 4.80 Å². The van der Waals surface area contributed by atoms with Crippen molar-refractivity contribution in [1.82, 2.24) is 4.57 Å². The summed E-state index contributed by atoms with van der Waals surface area (Å²) in [5.41, 5.74) is 0.780. The fourth-order valence-corrected chi connectivity index (χ4v) is 2.55. The lowest BCUT2D eigenvalue weighted by atomic mass is 10.2. The molecule has 6 heteroatoms. The van der Waals surface area contributed by atoms with Crippen LogP contribution in [-0.2, 0) is 6.18 Å². The Bertz CT molecular complexity index is 620. The summed E-state index contributed by atoms with van der Waals surface area (Å²) in [5, 5.41) is 7.81. The van der Waals surface area contributed by atoms with E-state index in [9.17, 15) is 13.2 Å². The first-order valence-corrected chi connectivity index (χ1v) is 6.03. The Kier molecular flexibility index (Phi) is 3.06. The van der Waals surface area contributed by atoms with Crippen molar-refractivity contribution in [2.75, 3.05) is 0 Å². The van der Waals surface area contributed by atoms with Gasteiger partial charge in [0.2, 0.25) is 0 Å². The summed E-state index contributed by atoms with van der Waals surface area (Å²) in [6.07, 6.45) is -4.33. The number of benzene rings is 1. The zero-order chi connectivity index (χ0) is 13.5. The standard InChI is InChI=1S/C12H11F3N2S/c1-7-8(2)18-11(16)17(7)10-5-3-9(4-6-10)12(13,14)15/h3-6,16H,1-2H3. The van der Waals surface area contributed by atoms with E-state index in [0.717, 1.165) is 22.7 Å². The second-order valence-corrected chi connectivity index (χ2v) is 5.13. The highest BCUT2D eigenvalue weighted by Gasteiger charge is 2.30. The van der Waals surface area contributed by atoms with Gasteiger partial charge >= 0.3 is 6.18 Å². The first-order chi connectivity index (χ1) is 8.30. The molecule has 18 heavy (non-hydrogen) atoms. The van der Waals surface area contributed by atoms with Gasteiger partial charge in [-0.1, -0.05) is 0 Å². The predicted molar refractivity (Wildman–Crippen MR) is 64.0 cm³/mol. The molecule has 0 aliphatic heterocycles. The number of thiazole rings is 1. The Morgan fingerprint density at radius 3 is 2.06 bits per heavy atom. The highest BCUT2D eigenvalue weighted by Crippen LogP contribution is 2.29. The summed E-state index contributed by atoms with van der Waals surface area (Å²) < 4.78 is 39.0. The first-order valence-electron chi connectivity index (χ1n) is 5.22.